The Morgan fingerprint density at radius 3 is 2.57 bits per heavy atom. The van der Waals surface area contributed by atoms with Crippen molar-refractivity contribution in [2.45, 2.75) is 77.5 Å². The second-order valence-corrected chi connectivity index (χ2v) is 8.91. The molecule has 1 aromatic carbocycles. The van der Waals surface area contributed by atoms with E-state index in [4.69, 9.17) is 9.47 Å². The summed E-state index contributed by atoms with van der Waals surface area (Å²) in [7, 11) is 0. The molecule has 1 N–H and O–H groups in total. The zero-order chi connectivity index (χ0) is 20.3. The zero-order valence-electron chi connectivity index (χ0n) is 17.0. The maximum absolute atomic E-state index is 14.9. The number of ether oxygens (including phenoxy) is 2. The highest BCUT2D eigenvalue weighted by atomic mass is 32.1. The van der Waals surface area contributed by atoms with Crippen molar-refractivity contribution in [2.75, 3.05) is 6.61 Å². The lowest BCUT2D eigenvalue weighted by molar-refractivity contribution is -0.120. The first-order valence-electron chi connectivity index (χ1n) is 9.97. The number of nitrogens with one attached hydrogen (secondary N) is 1. The molecule has 0 aliphatic heterocycles. The van der Waals surface area contributed by atoms with Crippen LogP contribution in [-0.2, 0) is 9.53 Å². The number of rotatable bonds is 7. The Balaban J connectivity index is 1.53. The maximum Gasteiger partial charge on any atom is 0.217 e. The molecule has 1 aromatic heterocycles. The molecule has 1 amide bonds. The average Bonchev–Trinajstić information content (AvgIpc) is 3.08. The standard InChI is InChI=1S/C21H29FN2O3S/c1-12(2)21-24-17-9-10-18(19(22)20(17)28-21)27-16-7-5-15(6-8-16)26-11-13(3)23-14(4)25/h9-10,12-13,15-16H,5-8,11H2,1-4H3,(H,23,25). The molecule has 154 valence electrons. The fourth-order valence-electron chi connectivity index (χ4n) is 3.46. The smallest absolute Gasteiger partial charge is 0.217 e. The molecule has 3 rings (SSSR count). The Labute approximate surface area is 169 Å². The molecule has 0 radical (unpaired) electrons. The number of thiazole rings is 1. The number of fused-ring (bicyclic) bond motifs is 1. The molecule has 5 nitrogen and oxygen atoms in total. The lowest BCUT2D eigenvalue weighted by Gasteiger charge is -2.30. The Morgan fingerprint density at radius 2 is 1.93 bits per heavy atom. The van der Waals surface area contributed by atoms with Crippen LogP contribution in [0, 0.1) is 5.82 Å². The second kappa shape index (κ2) is 9.18. The number of aromatic nitrogens is 1. The molecule has 28 heavy (non-hydrogen) atoms. The first kappa shape index (κ1) is 21.0. The summed E-state index contributed by atoms with van der Waals surface area (Å²) in [6.45, 7) is 8.06. The van der Waals surface area contributed by atoms with Gasteiger partial charge in [0.15, 0.2) is 11.6 Å². The highest BCUT2D eigenvalue weighted by molar-refractivity contribution is 7.18. The van der Waals surface area contributed by atoms with Crippen LogP contribution in [0.1, 0.15) is 64.3 Å². The molecule has 0 spiro atoms. The molecule has 7 heteroatoms. The molecule has 1 unspecified atom stereocenters. The van der Waals surface area contributed by atoms with Gasteiger partial charge in [-0.1, -0.05) is 13.8 Å². The van der Waals surface area contributed by atoms with Crippen molar-refractivity contribution in [2.24, 2.45) is 0 Å². The summed E-state index contributed by atoms with van der Waals surface area (Å²) in [5.74, 6) is 0.248. The van der Waals surface area contributed by atoms with Gasteiger partial charge in [0.1, 0.15) is 0 Å². The highest BCUT2D eigenvalue weighted by Crippen LogP contribution is 2.35. The Kier molecular flexibility index (Phi) is 6.88. The van der Waals surface area contributed by atoms with Crippen molar-refractivity contribution >= 4 is 27.5 Å². The van der Waals surface area contributed by atoms with E-state index in [1.165, 1.54) is 18.3 Å². The van der Waals surface area contributed by atoms with E-state index in [2.05, 4.69) is 24.1 Å². The third-order valence-electron chi connectivity index (χ3n) is 4.92. The van der Waals surface area contributed by atoms with E-state index in [-0.39, 0.29) is 35.9 Å². The Morgan fingerprint density at radius 1 is 1.25 bits per heavy atom. The number of amides is 1. The van der Waals surface area contributed by atoms with Crippen molar-refractivity contribution in [1.29, 1.82) is 0 Å². The summed E-state index contributed by atoms with van der Waals surface area (Å²) in [6, 6.07) is 3.54. The summed E-state index contributed by atoms with van der Waals surface area (Å²) in [5.41, 5.74) is 0.698. The lowest BCUT2D eigenvalue weighted by Crippen LogP contribution is -2.36. The van der Waals surface area contributed by atoms with Gasteiger partial charge in [0.25, 0.3) is 0 Å². The highest BCUT2D eigenvalue weighted by Gasteiger charge is 2.25. The van der Waals surface area contributed by atoms with E-state index < -0.39 is 0 Å². The van der Waals surface area contributed by atoms with Crippen molar-refractivity contribution in [3.8, 4) is 5.75 Å². The van der Waals surface area contributed by atoms with Crippen LogP contribution in [0.5, 0.6) is 5.75 Å². The number of nitrogens with zero attached hydrogens (tertiary/aromatic N) is 1. The summed E-state index contributed by atoms with van der Waals surface area (Å²) in [4.78, 5) is 15.6. The van der Waals surface area contributed by atoms with Crippen molar-refractivity contribution in [3.05, 3.63) is 23.0 Å². The number of hydrogen-bond acceptors (Lipinski definition) is 5. The molecule has 1 fully saturated rings. The van der Waals surface area contributed by atoms with Gasteiger partial charge in [-0.2, -0.15) is 0 Å². The summed E-state index contributed by atoms with van der Waals surface area (Å²) >= 11 is 1.41. The largest absolute Gasteiger partial charge is 0.487 e. The predicted octanol–water partition coefficient (Wildman–Crippen LogP) is 4.79. The Bertz CT molecular complexity index is 815. The van der Waals surface area contributed by atoms with Gasteiger partial charge in [0, 0.05) is 18.9 Å². The van der Waals surface area contributed by atoms with E-state index >= 15 is 0 Å². The monoisotopic (exact) mass is 408 g/mol. The van der Waals surface area contributed by atoms with E-state index in [1.54, 1.807) is 6.07 Å². The van der Waals surface area contributed by atoms with Crippen molar-refractivity contribution in [3.63, 3.8) is 0 Å². The van der Waals surface area contributed by atoms with Crippen LogP contribution in [0.4, 0.5) is 4.39 Å². The molecule has 1 aliphatic rings. The Hall–Kier alpha value is -1.73. The number of benzene rings is 1. The van der Waals surface area contributed by atoms with Crippen LogP contribution < -0.4 is 10.1 Å². The average molecular weight is 409 g/mol. The SMILES string of the molecule is CC(=O)NC(C)COC1CCC(Oc2ccc3nc(C(C)C)sc3c2F)CC1. The topological polar surface area (TPSA) is 60.5 Å². The van der Waals surface area contributed by atoms with Crippen LogP contribution in [0.3, 0.4) is 0 Å². The summed E-state index contributed by atoms with van der Waals surface area (Å²) < 4.78 is 27.3. The molecule has 1 heterocycles. The first-order valence-corrected chi connectivity index (χ1v) is 10.8. The number of halogens is 1. The van der Waals surface area contributed by atoms with Crippen molar-refractivity contribution in [1.82, 2.24) is 10.3 Å². The maximum atomic E-state index is 14.9. The van der Waals surface area contributed by atoms with Gasteiger partial charge < -0.3 is 14.8 Å². The summed E-state index contributed by atoms with van der Waals surface area (Å²) in [5, 5.41) is 3.76. The van der Waals surface area contributed by atoms with Gasteiger partial charge in [0.2, 0.25) is 5.91 Å². The predicted molar refractivity (Wildman–Crippen MR) is 110 cm³/mol. The molecule has 0 saturated heterocycles. The van der Waals surface area contributed by atoms with Crippen LogP contribution in [0.2, 0.25) is 0 Å². The third-order valence-corrected chi connectivity index (χ3v) is 6.28. The van der Waals surface area contributed by atoms with Gasteiger partial charge in [-0.25, -0.2) is 9.37 Å². The number of carbonyl (C=O) groups is 1. The first-order chi connectivity index (χ1) is 13.3. The fraction of sp³-hybridized carbons (Fsp3) is 0.619. The van der Waals surface area contributed by atoms with Gasteiger partial charge in [-0.05, 0) is 44.7 Å². The molecular weight excluding hydrogens is 379 g/mol. The lowest BCUT2D eigenvalue weighted by atomic mass is 9.95. The number of hydrogen-bond donors (Lipinski definition) is 1. The molecule has 2 aromatic rings. The van der Waals surface area contributed by atoms with Gasteiger partial charge in [-0.15, -0.1) is 11.3 Å². The molecule has 1 aliphatic carbocycles. The second-order valence-electron chi connectivity index (χ2n) is 7.88. The van der Waals surface area contributed by atoms with Gasteiger partial charge in [0.05, 0.1) is 34.0 Å². The van der Waals surface area contributed by atoms with Crippen LogP contribution in [0.15, 0.2) is 12.1 Å². The molecular formula is C21H29FN2O3S. The minimum atomic E-state index is -0.301. The van der Waals surface area contributed by atoms with Gasteiger partial charge in [-0.3, -0.25) is 4.79 Å². The minimum absolute atomic E-state index is 0.00225. The number of carbonyl (C=O) groups excluding carboxylic acids is 1. The molecule has 1 saturated carbocycles. The van der Waals surface area contributed by atoms with Crippen LogP contribution in [-0.4, -0.2) is 35.7 Å². The van der Waals surface area contributed by atoms with Crippen LogP contribution in [0.25, 0.3) is 10.2 Å². The van der Waals surface area contributed by atoms with E-state index in [1.807, 2.05) is 13.0 Å². The van der Waals surface area contributed by atoms with E-state index in [0.717, 1.165) is 30.7 Å². The normalized spacial score (nSPS) is 21.1. The zero-order valence-corrected chi connectivity index (χ0v) is 17.8. The van der Waals surface area contributed by atoms with Crippen LogP contribution >= 0.6 is 11.3 Å². The van der Waals surface area contributed by atoms with E-state index in [0.29, 0.717) is 22.6 Å². The van der Waals surface area contributed by atoms with Crippen molar-refractivity contribution < 1.29 is 18.7 Å². The van der Waals surface area contributed by atoms with E-state index in [9.17, 15) is 9.18 Å². The summed E-state index contributed by atoms with van der Waals surface area (Å²) in [6.07, 6.45) is 3.57. The fourth-order valence-corrected chi connectivity index (χ4v) is 4.46. The van der Waals surface area contributed by atoms with Gasteiger partial charge >= 0.3 is 0 Å². The third kappa shape index (κ3) is 5.20. The molecule has 0 bridgehead atoms. The quantitative estimate of drug-likeness (QED) is 0.716. The molecule has 1 atom stereocenters. The minimum Gasteiger partial charge on any atom is -0.487 e.